The minimum Gasteiger partial charge on any atom is -0.379 e. The van der Waals surface area contributed by atoms with Crippen LogP contribution in [-0.2, 0) is 4.74 Å². The van der Waals surface area contributed by atoms with Crippen LogP contribution in [0.1, 0.15) is 17.5 Å². The lowest BCUT2D eigenvalue weighted by molar-refractivity contribution is 0.0341. The summed E-state index contributed by atoms with van der Waals surface area (Å²) in [5, 5.41) is 6.92. The van der Waals surface area contributed by atoms with E-state index in [9.17, 15) is 4.79 Å². The highest BCUT2D eigenvalue weighted by Gasteiger charge is 2.18. The molecule has 1 aliphatic heterocycles. The number of ether oxygens (including phenoxy) is 1. The smallest absolute Gasteiger partial charge is 0.290 e. The molecular formula is C17H21N3O3. The molecule has 2 aromatic rings. The minimum absolute atomic E-state index is 0.0332. The van der Waals surface area contributed by atoms with Gasteiger partial charge in [-0.3, -0.25) is 9.69 Å². The Morgan fingerprint density at radius 2 is 2.04 bits per heavy atom. The first-order valence-electron chi connectivity index (χ1n) is 7.85. The number of amides is 1. The van der Waals surface area contributed by atoms with Crippen LogP contribution >= 0.6 is 0 Å². The third-order valence-electron chi connectivity index (χ3n) is 3.82. The van der Waals surface area contributed by atoms with Gasteiger partial charge in [-0.25, -0.2) is 0 Å². The number of hydrogen-bond donors (Lipinski definition) is 1. The summed E-state index contributed by atoms with van der Waals surface area (Å²) in [7, 11) is 0. The number of morpholine rings is 1. The quantitative estimate of drug-likeness (QED) is 0.911. The molecule has 1 N–H and O–H groups in total. The number of aromatic nitrogens is 1. The number of rotatable bonds is 5. The molecule has 1 aromatic heterocycles. The van der Waals surface area contributed by atoms with Gasteiger partial charge in [0, 0.05) is 37.3 Å². The molecule has 23 heavy (non-hydrogen) atoms. The van der Waals surface area contributed by atoms with Crippen molar-refractivity contribution < 1.29 is 14.1 Å². The Morgan fingerprint density at radius 3 is 2.78 bits per heavy atom. The Labute approximate surface area is 135 Å². The molecule has 2 heterocycles. The number of hydrogen-bond acceptors (Lipinski definition) is 5. The fraction of sp³-hybridized carbons (Fsp3) is 0.412. The molecular weight excluding hydrogens is 294 g/mol. The van der Waals surface area contributed by atoms with Crippen LogP contribution in [0, 0.1) is 0 Å². The molecule has 0 saturated carbocycles. The second-order valence-corrected chi connectivity index (χ2v) is 5.73. The standard InChI is InChI=1S/C17H21N3O3/c1-13(12-20-7-9-22-10-8-20)18-17(21)16-11-15(19-23-16)14-5-3-2-4-6-14/h2-6,11,13H,7-10,12H2,1H3,(H,18,21). The Morgan fingerprint density at radius 1 is 1.30 bits per heavy atom. The molecule has 1 fully saturated rings. The zero-order valence-electron chi connectivity index (χ0n) is 13.2. The highest BCUT2D eigenvalue weighted by Crippen LogP contribution is 2.18. The van der Waals surface area contributed by atoms with Crippen molar-refractivity contribution in [1.82, 2.24) is 15.4 Å². The Kier molecular flexibility index (Phi) is 5.05. The van der Waals surface area contributed by atoms with Gasteiger partial charge in [-0.05, 0) is 6.92 Å². The van der Waals surface area contributed by atoms with E-state index >= 15 is 0 Å². The average Bonchev–Trinajstić information content (AvgIpc) is 3.06. The van der Waals surface area contributed by atoms with Crippen LogP contribution < -0.4 is 5.32 Å². The highest BCUT2D eigenvalue weighted by atomic mass is 16.5. The predicted octanol–water partition coefficient (Wildman–Crippen LogP) is 1.79. The highest BCUT2D eigenvalue weighted by molar-refractivity contribution is 5.92. The lowest BCUT2D eigenvalue weighted by atomic mass is 10.1. The van der Waals surface area contributed by atoms with Crippen molar-refractivity contribution in [3.63, 3.8) is 0 Å². The maximum atomic E-state index is 12.3. The zero-order valence-corrected chi connectivity index (χ0v) is 13.2. The van der Waals surface area contributed by atoms with Crippen LogP contribution in [-0.4, -0.2) is 54.9 Å². The van der Waals surface area contributed by atoms with E-state index in [-0.39, 0.29) is 17.7 Å². The van der Waals surface area contributed by atoms with Gasteiger partial charge in [-0.2, -0.15) is 0 Å². The van der Waals surface area contributed by atoms with Crippen LogP contribution in [0.15, 0.2) is 40.9 Å². The SMILES string of the molecule is CC(CN1CCOCC1)NC(=O)c1cc(-c2ccccc2)no1. The first kappa shape index (κ1) is 15.7. The second-order valence-electron chi connectivity index (χ2n) is 5.73. The monoisotopic (exact) mass is 315 g/mol. The molecule has 1 aromatic carbocycles. The molecule has 1 aliphatic rings. The molecule has 0 radical (unpaired) electrons. The maximum Gasteiger partial charge on any atom is 0.290 e. The van der Waals surface area contributed by atoms with Gasteiger partial charge in [0.15, 0.2) is 0 Å². The molecule has 0 bridgehead atoms. The van der Waals surface area contributed by atoms with E-state index in [2.05, 4.69) is 15.4 Å². The molecule has 1 atom stereocenters. The Balaban J connectivity index is 1.56. The van der Waals surface area contributed by atoms with Gasteiger partial charge in [0.05, 0.1) is 13.2 Å². The van der Waals surface area contributed by atoms with Crippen molar-refractivity contribution in [3.05, 3.63) is 42.2 Å². The van der Waals surface area contributed by atoms with E-state index in [1.54, 1.807) is 6.07 Å². The lowest BCUT2D eigenvalue weighted by Crippen LogP contribution is -2.45. The van der Waals surface area contributed by atoms with Crippen molar-refractivity contribution in [2.24, 2.45) is 0 Å². The molecule has 1 unspecified atom stereocenters. The van der Waals surface area contributed by atoms with E-state index in [0.29, 0.717) is 5.69 Å². The van der Waals surface area contributed by atoms with Gasteiger partial charge in [0.25, 0.3) is 5.91 Å². The molecule has 3 rings (SSSR count). The van der Waals surface area contributed by atoms with Crippen LogP contribution in [0.2, 0.25) is 0 Å². The van der Waals surface area contributed by atoms with Crippen molar-refractivity contribution in [2.75, 3.05) is 32.8 Å². The number of carbonyl (C=O) groups excluding carboxylic acids is 1. The maximum absolute atomic E-state index is 12.3. The lowest BCUT2D eigenvalue weighted by Gasteiger charge is -2.29. The average molecular weight is 315 g/mol. The van der Waals surface area contributed by atoms with Crippen molar-refractivity contribution in [2.45, 2.75) is 13.0 Å². The van der Waals surface area contributed by atoms with E-state index < -0.39 is 0 Å². The summed E-state index contributed by atoms with van der Waals surface area (Å²) in [6.45, 7) is 6.10. The summed E-state index contributed by atoms with van der Waals surface area (Å²) in [5.74, 6) is -0.00174. The number of nitrogens with one attached hydrogen (secondary N) is 1. The van der Waals surface area contributed by atoms with Crippen LogP contribution in [0.5, 0.6) is 0 Å². The summed E-state index contributed by atoms with van der Waals surface area (Å²) in [4.78, 5) is 14.5. The Hall–Kier alpha value is -2.18. The molecule has 122 valence electrons. The third-order valence-corrected chi connectivity index (χ3v) is 3.82. The molecule has 0 spiro atoms. The topological polar surface area (TPSA) is 67.6 Å². The van der Waals surface area contributed by atoms with Crippen molar-refractivity contribution in [3.8, 4) is 11.3 Å². The second kappa shape index (κ2) is 7.39. The van der Waals surface area contributed by atoms with Crippen LogP contribution in [0.4, 0.5) is 0 Å². The normalized spacial score (nSPS) is 16.9. The summed E-state index contributed by atoms with van der Waals surface area (Å²) in [6.07, 6.45) is 0. The first-order chi connectivity index (χ1) is 11.2. The van der Waals surface area contributed by atoms with E-state index in [1.807, 2.05) is 37.3 Å². The first-order valence-corrected chi connectivity index (χ1v) is 7.85. The Bertz CT molecular complexity index is 636. The van der Waals surface area contributed by atoms with Gasteiger partial charge in [0.1, 0.15) is 5.69 Å². The fourth-order valence-electron chi connectivity index (χ4n) is 2.64. The van der Waals surface area contributed by atoms with Crippen molar-refractivity contribution >= 4 is 5.91 Å². The van der Waals surface area contributed by atoms with Gasteiger partial charge < -0.3 is 14.6 Å². The number of nitrogens with zero attached hydrogens (tertiary/aromatic N) is 2. The summed E-state index contributed by atoms with van der Waals surface area (Å²) < 4.78 is 10.5. The largest absolute Gasteiger partial charge is 0.379 e. The molecule has 6 nitrogen and oxygen atoms in total. The summed E-state index contributed by atoms with van der Waals surface area (Å²) >= 11 is 0. The summed E-state index contributed by atoms with van der Waals surface area (Å²) in [6, 6.07) is 11.4. The van der Waals surface area contributed by atoms with Crippen LogP contribution in [0.3, 0.4) is 0 Å². The van der Waals surface area contributed by atoms with E-state index in [1.165, 1.54) is 0 Å². The van der Waals surface area contributed by atoms with Gasteiger partial charge in [-0.1, -0.05) is 35.5 Å². The minimum atomic E-state index is -0.236. The van der Waals surface area contributed by atoms with E-state index in [4.69, 9.17) is 9.26 Å². The third kappa shape index (κ3) is 4.18. The number of benzene rings is 1. The number of carbonyl (C=O) groups is 1. The predicted molar refractivity (Wildman–Crippen MR) is 86.1 cm³/mol. The molecule has 1 amide bonds. The molecule has 0 aliphatic carbocycles. The van der Waals surface area contributed by atoms with Crippen LogP contribution in [0.25, 0.3) is 11.3 Å². The molecule has 6 heteroatoms. The van der Waals surface area contributed by atoms with Gasteiger partial charge >= 0.3 is 0 Å². The van der Waals surface area contributed by atoms with Gasteiger partial charge in [0.2, 0.25) is 5.76 Å². The van der Waals surface area contributed by atoms with E-state index in [0.717, 1.165) is 38.4 Å². The molecule has 1 saturated heterocycles. The zero-order chi connectivity index (χ0) is 16.1. The fourth-order valence-corrected chi connectivity index (χ4v) is 2.64. The van der Waals surface area contributed by atoms with Gasteiger partial charge in [-0.15, -0.1) is 0 Å². The summed E-state index contributed by atoms with van der Waals surface area (Å²) in [5.41, 5.74) is 1.59. The van der Waals surface area contributed by atoms with Crippen molar-refractivity contribution in [1.29, 1.82) is 0 Å².